The molecule has 0 spiro atoms. The van der Waals surface area contributed by atoms with Crippen LogP contribution in [0.5, 0.6) is 0 Å². The second kappa shape index (κ2) is 7.17. The van der Waals surface area contributed by atoms with Crippen molar-refractivity contribution in [1.82, 2.24) is 0 Å². The van der Waals surface area contributed by atoms with E-state index >= 15 is 0 Å². The number of carbonyl (C=O) groups is 2. The molecule has 0 aromatic heterocycles. The van der Waals surface area contributed by atoms with Crippen molar-refractivity contribution in [2.75, 3.05) is 17.2 Å². The number of hydrogen-bond acceptors (Lipinski definition) is 3. The number of terminal acetylenes is 2. The molecule has 1 saturated carbocycles. The first-order chi connectivity index (χ1) is 12.6. The summed E-state index contributed by atoms with van der Waals surface area (Å²) in [5, 5.41) is 5.86. The fourth-order valence-corrected chi connectivity index (χ4v) is 2.77. The summed E-state index contributed by atoms with van der Waals surface area (Å²) in [6.45, 7) is 0.0752. The van der Waals surface area contributed by atoms with Crippen LogP contribution in [0.25, 0.3) is 0 Å². The third-order valence-corrected chi connectivity index (χ3v) is 4.49. The van der Waals surface area contributed by atoms with Gasteiger partial charge in [0.15, 0.2) is 5.78 Å². The van der Waals surface area contributed by atoms with Gasteiger partial charge in [-0.15, -0.1) is 12.8 Å². The third kappa shape index (κ3) is 3.61. The van der Waals surface area contributed by atoms with Crippen LogP contribution in [0.1, 0.15) is 24.0 Å². The van der Waals surface area contributed by atoms with Gasteiger partial charge in [-0.2, -0.15) is 0 Å². The Morgan fingerprint density at radius 2 is 1.54 bits per heavy atom. The van der Waals surface area contributed by atoms with E-state index in [0.29, 0.717) is 24.1 Å². The molecule has 4 heteroatoms. The van der Waals surface area contributed by atoms with E-state index in [-0.39, 0.29) is 18.2 Å². The molecule has 2 N–H and O–H groups in total. The summed E-state index contributed by atoms with van der Waals surface area (Å²) in [7, 11) is 0. The Balaban J connectivity index is 1.64. The smallest absolute Gasteiger partial charge is 0.238 e. The van der Waals surface area contributed by atoms with E-state index in [1.54, 1.807) is 30.3 Å². The number of benzene rings is 2. The molecule has 4 nitrogen and oxygen atoms in total. The minimum Gasteiger partial charge on any atom is -0.378 e. The lowest BCUT2D eigenvalue weighted by Gasteiger charge is -2.15. The van der Waals surface area contributed by atoms with Gasteiger partial charge >= 0.3 is 0 Å². The van der Waals surface area contributed by atoms with Crippen molar-refractivity contribution in [2.45, 2.75) is 12.8 Å². The second-order valence-electron chi connectivity index (χ2n) is 6.26. The summed E-state index contributed by atoms with van der Waals surface area (Å²) in [6, 6.07) is 14.3. The molecule has 1 aliphatic rings. The first-order valence-corrected chi connectivity index (χ1v) is 8.29. The summed E-state index contributed by atoms with van der Waals surface area (Å²) >= 11 is 0. The molecule has 26 heavy (non-hydrogen) atoms. The lowest BCUT2D eigenvalue weighted by Crippen LogP contribution is -2.35. The van der Waals surface area contributed by atoms with Crippen molar-refractivity contribution in [3.8, 4) is 24.7 Å². The summed E-state index contributed by atoms with van der Waals surface area (Å²) in [6.07, 6.45) is 11.9. The second-order valence-corrected chi connectivity index (χ2v) is 6.26. The zero-order valence-corrected chi connectivity index (χ0v) is 14.2. The number of carbonyl (C=O) groups excluding carboxylic acids is 2. The Bertz CT molecular complexity index is 943. The molecule has 2 aromatic rings. The fraction of sp³-hybridized carbons (Fsp3) is 0.182. The monoisotopic (exact) mass is 342 g/mol. The van der Waals surface area contributed by atoms with Crippen molar-refractivity contribution in [2.24, 2.45) is 5.41 Å². The summed E-state index contributed by atoms with van der Waals surface area (Å²) in [4.78, 5) is 25.2. The molecule has 0 unspecified atom stereocenters. The average molecular weight is 342 g/mol. The van der Waals surface area contributed by atoms with Crippen LogP contribution < -0.4 is 10.6 Å². The van der Waals surface area contributed by atoms with E-state index in [1.807, 2.05) is 18.2 Å². The lowest BCUT2D eigenvalue weighted by atomic mass is 9.99. The van der Waals surface area contributed by atoms with E-state index in [4.69, 9.17) is 12.8 Å². The minimum absolute atomic E-state index is 0.0752. The van der Waals surface area contributed by atoms with Gasteiger partial charge in [0, 0.05) is 22.5 Å². The SMILES string of the molecule is C#Cc1cccc(NCC(=O)C2(C(=O)Nc3cccc(C#C)c3)CC2)c1. The van der Waals surface area contributed by atoms with Gasteiger partial charge in [0.05, 0.1) is 6.54 Å². The van der Waals surface area contributed by atoms with Crippen molar-refractivity contribution in [3.63, 3.8) is 0 Å². The number of rotatable bonds is 6. The molecule has 0 radical (unpaired) electrons. The van der Waals surface area contributed by atoms with Crippen LogP contribution in [-0.2, 0) is 9.59 Å². The molecule has 0 atom stereocenters. The molecule has 2 aromatic carbocycles. The lowest BCUT2D eigenvalue weighted by molar-refractivity contribution is -0.131. The molecule has 0 aliphatic heterocycles. The number of Topliss-reactive ketones (excluding diaryl/α,β-unsaturated/α-hetero) is 1. The molecule has 128 valence electrons. The van der Waals surface area contributed by atoms with Gasteiger partial charge < -0.3 is 10.6 Å². The normalized spacial score (nSPS) is 13.8. The first kappa shape index (κ1) is 17.3. The van der Waals surface area contributed by atoms with Gasteiger partial charge in [0.2, 0.25) is 5.91 Å². The number of nitrogens with one attached hydrogen (secondary N) is 2. The highest BCUT2D eigenvalue weighted by atomic mass is 16.2. The largest absolute Gasteiger partial charge is 0.378 e. The molecular weight excluding hydrogens is 324 g/mol. The van der Waals surface area contributed by atoms with Crippen LogP contribution in [0.3, 0.4) is 0 Å². The quantitative estimate of drug-likeness (QED) is 0.627. The molecule has 3 rings (SSSR count). The summed E-state index contributed by atoms with van der Waals surface area (Å²) in [5.41, 5.74) is 1.80. The molecule has 0 bridgehead atoms. The van der Waals surface area contributed by atoms with Crippen LogP contribution >= 0.6 is 0 Å². The van der Waals surface area contributed by atoms with E-state index in [2.05, 4.69) is 22.5 Å². The molecule has 1 aliphatic carbocycles. The predicted octanol–water partition coefficient (Wildman–Crippen LogP) is 3.05. The van der Waals surface area contributed by atoms with Gasteiger partial charge in [-0.05, 0) is 49.2 Å². The van der Waals surface area contributed by atoms with E-state index in [1.165, 1.54) is 0 Å². The maximum Gasteiger partial charge on any atom is 0.238 e. The third-order valence-electron chi connectivity index (χ3n) is 4.49. The van der Waals surface area contributed by atoms with E-state index in [9.17, 15) is 9.59 Å². The number of hydrogen-bond donors (Lipinski definition) is 2. The highest BCUT2D eigenvalue weighted by molar-refractivity contribution is 6.14. The highest BCUT2D eigenvalue weighted by Gasteiger charge is 2.55. The topological polar surface area (TPSA) is 58.2 Å². The van der Waals surface area contributed by atoms with E-state index < -0.39 is 5.41 Å². The van der Waals surface area contributed by atoms with Crippen molar-refractivity contribution in [3.05, 3.63) is 59.7 Å². The number of amides is 1. The predicted molar refractivity (Wildman–Crippen MR) is 103 cm³/mol. The van der Waals surface area contributed by atoms with Crippen molar-refractivity contribution >= 4 is 23.1 Å². The molecule has 0 heterocycles. The molecular formula is C22H18N2O2. The Morgan fingerprint density at radius 3 is 2.12 bits per heavy atom. The maximum absolute atomic E-state index is 12.6. The van der Waals surface area contributed by atoms with Crippen LogP contribution in [0, 0.1) is 30.1 Å². The zero-order valence-electron chi connectivity index (χ0n) is 14.2. The number of anilines is 2. The molecule has 1 fully saturated rings. The highest BCUT2D eigenvalue weighted by Crippen LogP contribution is 2.47. The van der Waals surface area contributed by atoms with Gasteiger partial charge in [0.25, 0.3) is 0 Å². The number of ketones is 1. The van der Waals surface area contributed by atoms with Crippen LogP contribution in [0.4, 0.5) is 11.4 Å². The van der Waals surface area contributed by atoms with Gasteiger partial charge in [-0.3, -0.25) is 9.59 Å². The fourth-order valence-electron chi connectivity index (χ4n) is 2.77. The Morgan fingerprint density at radius 1 is 0.962 bits per heavy atom. The van der Waals surface area contributed by atoms with Gasteiger partial charge in [-0.25, -0.2) is 0 Å². The van der Waals surface area contributed by atoms with Crippen LogP contribution in [0.2, 0.25) is 0 Å². The molecule has 0 saturated heterocycles. The summed E-state index contributed by atoms with van der Waals surface area (Å²) in [5.74, 6) is 4.66. The minimum atomic E-state index is -0.955. The van der Waals surface area contributed by atoms with Crippen LogP contribution in [0.15, 0.2) is 48.5 Å². The zero-order chi connectivity index (χ0) is 18.6. The molecule has 1 amide bonds. The Hall–Kier alpha value is -3.50. The van der Waals surface area contributed by atoms with Gasteiger partial charge in [0.1, 0.15) is 5.41 Å². The van der Waals surface area contributed by atoms with Crippen LogP contribution in [-0.4, -0.2) is 18.2 Å². The van der Waals surface area contributed by atoms with E-state index in [0.717, 1.165) is 11.3 Å². The van der Waals surface area contributed by atoms with Gasteiger partial charge in [-0.1, -0.05) is 24.0 Å². The van der Waals surface area contributed by atoms with Crippen molar-refractivity contribution in [1.29, 1.82) is 0 Å². The Labute approximate surface area is 153 Å². The average Bonchev–Trinajstić information content (AvgIpc) is 3.48. The maximum atomic E-state index is 12.6. The van der Waals surface area contributed by atoms with Crippen molar-refractivity contribution < 1.29 is 9.59 Å². The standard InChI is InChI=1S/C22H18N2O2/c1-3-16-7-5-9-18(13-16)23-15-20(25)22(11-12-22)21(26)24-19-10-6-8-17(4-2)14-19/h1-2,5-10,13-14,23H,11-12,15H2,(H,24,26). The Kier molecular flexibility index (Phi) is 4.78. The summed E-state index contributed by atoms with van der Waals surface area (Å²) < 4.78 is 0. The first-order valence-electron chi connectivity index (χ1n) is 8.29.